The molecule has 1 aromatic heterocycles. The molecule has 5 nitrogen and oxygen atoms in total. The highest BCUT2D eigenvalue weighted by atomic mass is 16.5. The molecule has 1 amide bonds. The largest absolute Gasteiger partial charge is 0.497 e. The summed E-state index contributed by atoms with van der Waals surface area (Å²) in [5, 5.41) is 3.97. The van der Waals surface area contributed by atoms with Gasteiger partial charge in [0.15, 0.2) is 5.76 Å². The van der Waals surface area contributed by atoms with E-state index in [4.69, 9.17) is 9.15 Å². The summed E-state index contributed by atoms with van der Waals surface area (Å²) in [6.07, 6.45) is 0. The number of aryl methyl sites for hydroxylation is 1. The lowest BCUT2D eigenvalue weighted by atomic mass is 10.1. The van der Waals surface area contributed by atoms with Crippen molar-refractivity contribution in [2.24, 2.45) is 0 Å². The number of likely N-dealkylation sites (N-methyl/N-ethyl adjacent to an activating group) is 1. The van der Waals surface area contributed by atoms with Crippen LogP contribution in [0.25, 0.3) is 11.0 Å². The minimum Gasteiger partial charge on any atom is -0.497 e. The van der Waals surface area contributed by atoms with Crippen molar-refractivity contribution in [2.45, 2.75) is 13.0 Å². The van der Waals surface area contributed by atoms with Gasteiger partial charge in [0, 0.05) is 17.5 Å². The number of carbonyl (C=O) groups is 1. The van der Waals surface area contributed by atoms with Crippen molar-refractivity contribution in [1.29, 1.82) is 0 Å². The predicted molar refractivity (Wildman–Crippen MR) is 103 cm³/mol. The number of nitrogens with zero attached hydrogens (tertiary/aromatic N) is 1. The Hall–Kier alpha value is -2.79. The van der Waals surface area contributed by atoms with Crippen LogP contribution in [0.5, 0.6) is 5.75 Å². The third-order valence-electron chi connectivity index (χ3n) is 4.61. The predicted octanol–water partition coefficient (Wildman–Crippen LogP) is 3.78. The Morgan fingerprint density at radius 1 is 1.19 bits per heavy atom. The van der Waals surface area contributed by atoms with Gasteiger partial charge in [-0.3, -0.25) is 4.79 Å². The van der Waals surface area contributed by atoms with Crippen LogP contribution in [0.2, 0.25) is 0 Å². The normalized spacial score (nSPS) is 12.3. The third-order valence-corrected chi connectivity index (χ3v) is 4.61. The van der Waals surface area contributed by atoms with E-state index in [1.54, 1.807) is 7.11 Å². The average molecular weight is 352 g/mol. The monoisotopic (exact) mass is 352 g/mol. The van der Waals surface area contributed by atoms with Crippen molar-refractivity contribution in [2.75, 3.05) is 27.7 Å². The van der Waals surface area contributed by atoms with Crippen molar-refractivity contribution < 1.29 is 13.9 Å². The van der Waals surface area contributed by atoms with E-state index in [0.29, 0.717) is 12.3 Å². The Kier molecular flexibility index (Phi) is 5.28. The summed E-state index contributed by atoms with van der Waals surface area (Å²) in [5.74, 6) is 0.969. The van der Waals surface area contributed by atoms with Gasteiger partial charge in [0.05, 0.1) is 13.2 Å². The summed E-state index contributed by atoms with van der Waals surface area (Å²) in [4.78, 5) is 14.7. The molecule has 0 radical (unpaired) electrons. The van der Waals surface area contributed by atoms with Crippen LogP contribution in [0.1, 0.15) is 27.7 Å². The molecule has 0 aliphatic heterocycles. The number of benzene rings is 2. The van der Waals surface area contributed by atoms with E-state index in [2.05, 4.69) is 10.2 Å². The number of fused-ring (bicyclic) bond motifs is 1. The van der Waals surface area contributed by atoms with Gasteiger partial charge in [-0.15, -0.1) is 0 Å². The highest BCUT2D eigenvalue weighted by Crippen LogP contribution is 2.25. The maximum Gasteiger partial charge on any atom is 0.287 e. The number of hydrogen-bond acceptors (Lipinski definition) is 4. The van der Waals surface area contributed by atoms with Crippen LogP contribution in [-0.2, 0) is 0 Å². The second-order valence-electron chi connectivity index (χ2n) is 6.52. The standard InChI is InChI=1S/C21H24N2O3/c1-14-17-10-5-6-11-19(17)26-20(14)21(24)22-13-18(23(2)3)15-8-7-9-16(12-15)25-4/h5-12,18H,13H2,1-4H3,(H,22,24). The molecular formula is C21H24N2O3. The first kappa shape index (κ1) is 18.0. The first-order chi connectivity index (χ1) is 12.5. The number of amides is 1. The number of furan rings is 1. The van der Waals surface area contributed by atoms with Crippen molar-refractivity contribution in [3.63, 3.8) is 0 Å². The minimum atomic E-state index is -0.201. The molecule has 0 saturated carbocycles. The fraction of sp³-hybridized carbons (Fsp3) is 0.286. The fourth-order valence-electron chi connectivity index (χ4n) is 3.11. The van der Waals surface area contributed by atoms with Gasteiger partial charge in [-0.25, -0.2) is 0 Å². The van der Waals surface area contributed by atoms with Gasteiger partial charge in [0.2, 0.25) is 0 Å². The van der Waals surface area contributed by atoms with Gasteiger partial charge >= 0.3 is 0 Å². The molecular weight excluding hydrogens is 328 g/mol. The van der Waals surface area contributed by atoms with Gasteiger partial charge in [-0.05, 0) is 44.8 Å². The van der Waals surface area contributed by atoms with Crippen molar-refractivity contribution in [1.82, 2.24) is 10.2 Å². The molecule has 0 aliphatic rings. The molecule has 26 heavy (non-hydrogen) atoms. The molecule has 0 spiro atoms. The molecule has 1 N–H and O–H groups in total. The van der Waals surface area contributed by atoms with E-state index in [-0.39, 0.29) is 11.9 Å². The second kappa shape index (κ2) is 7.62. The average Bonchev–Trinajstić information content (AvgIpc) is 2.99. The summed E-state index contributed by atoms with van der Waals surface area (Å²) in [5.41, 5.74) is 2.67. The highest BCUT2D eigenvalue weighted by Gasteiger charge is 2.20. The van der Waals surface area contributed by atoms with Gasteiger partial charge < -0.3 is 19.4 Å². The van der Waals surface area contributed by atoms with Crippen LogP contribution in [0.4, 0.5) is 0 Å². The molecule has 0 aliphatic carbocycles. The lowest BCUT2D eigenvalue weighted by Crippen LogP contribution is -2.34. The molecule has 3 aromatic rings. The molecule has 1 heterocycles. The van der Waals surface area contributed by atoms with Crippen molar-refractivity contribution >= 4 is 16.9 Å². The minimum absolute atomic E-state index is 0.0266. The molecule has 3 rings (SSSR count). The molecule has 136 valence electrons. The fourth-order valence-corrected chi connectivity index (χ4v) is 3.11. The van der Waals surface area contributed by atoms with Crippen LogP contribution in [-0.4, -0.2) is 38.6 Å². The summed E-state index contributed by atoms with van der Waals surface area (Å²) in [7, 11) is 5.63. The van der Waals surface area contributed by atoms with Crippen molar-refractivity contribution in [3.05, 3.63) is 65.4 Å². The Balaban J connectivity index is 1.78. The maximum atomic E-state index is 12.7. The zero-order chi connectivity index (χ0) is 18.7. The number of nitrogens with one attached hydrogen (secondary N) is 1. The Morgan fingerprint density at radius 3 is 2.65 bits per heavy atom. The smallest absolute Gasteiger partial charge is 0.287 e. The second-order valence-corrected chi connectivity index (χ2v) is 6.52. The van der Waals surface area contributed by atoms with E-state index in [9.17, 15) is 4.79 Å². The Morgan fingerprint density at radius 2 is 1.96 bits per heavy atom. The van der Waals surface area contributed by atoms with Crippen LogP contribution in [0, 0.1) is 6.92 Å². The van der Waals surface area contributed by atoms with Crippen LogP contribution < -0.4 is 10.1 Å². The lowest BCUT2D eigenvalue weighted by molar-refractivity contribution is 0.0915. The summed E-state index contributed by atoms with van der Waals surface area (Å²) < 4.78 is 11.1. The number of carbonyl (C=O) groups excluding carboxylic acids is 1. The van der Waals surface area contributed by atoms with Crippen LogP contribution >= 0.6 is 0 Å². The van der Waals surface area contributed by atoms with Gasteiger partial charge in [-0.1, -0.05) is 30.3 Å². The van der Waals surface area contributed by atoms with Crippen LogP contribution in [0.15, 0.2) is 52.9 Å². The first-order valence-corrected chi connectivity index (χ1v) is 8.58. The summed E-state index contributed by atoms with van der Waals surface area (Å²) in [6.45, 7) is 2.38. The first-order valence-electron chi connectivity index (χ1n) is 8.58. The molecule has 0 fully saturated rings. The van der Waals surface area contributed by atoms with E-state index in [1.807, 2.05) is 69.6 Å². The molecule has 0 saturated heterocycles. The number of methoxy groups -OCH3 is 1. The number of rotatable bonds is 6. The zero-order valence-corrected chi connectivity index (χ0v) is 15.6. The topological polar surface area (TPSA) is 54.7 Å². The molecule has 0 bridgehead atoms. The number of hydrogen-bond donors (Lipinski definition) is 1. The quantitative estimate of drug-likeness (QED) is 0.733. The van der Waals surface area contributed by atoms with E-state index in [0.717, 1.165) is 27.8 Å². The van der Waals surface area contributed by atoms with Gasteiger partial charge in [0.25, 0.3) is 5.91 Å². The SMILES string of the molecule is COc1cccc(C(CNC(=O)c2oc3ccccc3c2C)N(C)C)c1. The number of para-hydroxylation sites is 1. The molecule has 1 atom stereocenters. The number of ether oxygens (including phenoxy) is 1. The van der Waals surface area contributed by atoms with Crippen LogP contribution in [0.3, 0.4) is 0 Å². The molecule has 2 aromatic carbocycles. The third kappa shape index (κ3) is 3.58. The van der Waals surface area contributed by atoms with E-state index < -0.39 is 0 Å². The van der Waals surface area contributed by atoms with Crippen molar-refractivity contribution in [3.8, 4) is 5.75 Å². The zero-order valence-electron chi connectivity index (χ0n) is 15.6. The summed E-state index contributed by atoms with van der Waals surface area (Å²) in [6, 6.07) is 15.6. The molecule has 5 heteroatoms. The Bertz CT molecular complexity index is 915. The summed E-state index contributed by atoms with van der Waals surface area (Å²) >= 11 is 0. The van der Waals surface area contributed by atoms with E-state index >= 15 is 0 Å². The van der Waals surface area contributed by atoms with Gasteiger partial charge in [-0.2, -0.15) is 0 Å². The maximum absolute atomic E-state index is 12.7. The Labute approximate surface area is 153 Å². The lowest BCUT2D eigenvalue weighted by Gasteiger charge is -2.25. The van der Waals surface area contributed by atoms with E-state index in [1.165, 1.54) is 0 Å². The highest BCUT2D eigenvalue weighted by molar-refractivity contribution is 5.98. The van der Waals surface area contributed by atoms with Gasteiger partial charge in [0.1, 0.15) is 11.3 Å². The molecule has 1 unspecified atom stereocenters.